The maximum atomic E-state index is 12.5. The second-order valence-electron chi connectivity index (χ2n) is 7.92. The van der Waals surface area contributed by atoms with Crippen LogP contribution in [-0.4, -0.2) is 52.0 Å². The van der Waals surface area contributed by atoms with E-state index < -0.39 is 0 Å². The number of hydrogen-bond donors (Lipinski definition) is 2. The number of amides is 1. The number of carbonyl (C=O) groups is 1. The van der Waals surface area contributed by atoms with Crippen molar-refractivity contribution in [2.45, 2.75) is 26.2 Å². The number of carbonyl (C=O) groups excluding carboxylic acids is 1. The minimum absolute atomic E-state index is 0.0603. The van der Waals surface area contributed by atoms with Crippen LogP contribution in [0.1, 0.15) is 50.6 Å². The van der Waals surface area contributed by atoms with Crippen LogP contribution in [0.5, 0.6) is 0 Å². The van der Waals surface area contributed by atoms with Crippen LogP contribution in [0.2, 0.25) is 0 Å². The summed E-state index contributed by atoms with van der Waals surface area (Å²) in [5.41, 5.74) is 6.12. The Morgan fingerprint density at radius 1 is 1.06 bits per heavy atom. The predicted molar refractivity (Wildman–Crippen MR) is 125 cm³/mol. The molecular formula is C26H29N3O3. The van der Waals surface area contributed by atoms with E-state index >= 15 is 0 Å². The maximum Gasteiger partial charge on any atom is 0.253 e. The molecular weight excluding hydrogens is 402 g/mol. The monoisotopic (exact) mass is 431 g/mol. The summed E-state index contributed by atoms with van der Waals surface area (Å²) in [7, 11) is 1.67. The Labute approximate surface area is 188 Å². The van der Waals surface area contributed by atoms with Gasteiger partial charge in [-0.3, -0.25) is 9.78 Å². The SMILES string of the molecule is Cc1cc(/C(C[C@H](c2ccc(C(=O)N(C)CCO)cc2)c2ccccc2C)=N\O)ccn1. The van der Waals surface area contributed by atoms with Crippen molar-refractivity contribution in [1.82, 2.24) is 9.88 Å². The molecule has 1 aromatic heterocycles. The zero-order chi connectivity index (χ0) is 23.1. The first-order valence-corrected chi connectivity index (χ1v) is 10.6. The second kappa shape index (κ2) is 10.7. The van der Waals surface area contributed by atoms with Gasteiger partial charge in [0.05, 0.1) is 12.3 Å². The van der Waals surface area contributed by atoms with Crippen molar-refractivity contribution < 1.29 is 15.1 Å². The number of aromatic nitrogens is 1. The van der Waals surface area contributed by atoms with Gasteiger partial charge in [-0.05, 0) is 54.8 Å². The number of aliphatic hydroxyl groups is 1. The summed E-state index contributed by atoms with van der Waals surface area (Å²) < 4.78 is 0. The normalized spacial score (nSPS) is 12.4. The van der Waals surface area contributed by atoms with E-state index in [1.807, 2.05) is 55.5 Å². The highest BCUT2D eigenvalue weighted by Crippen LogP contribution is 2.32. The highest BCUT2D eigenvalue weighted by molar-refractivity contribution is 6.01. The van der Waals surface area contributed by atoms with Crippen molar-refractivity contribution in [3.05, 3.63) is 100 Å². The quantitative estimate of drug-likeness (QED) is 0.319. The summed E-state index contributed by atoms with van der Waals surface area (Å²) in [5, 5.41) is 22.5. The lowest BCUT2D eigenvalue weighted by atomic mass is 9.83. The average molecular weight is 432 g/mol. The lowest BCUT2D eigenvalue weighted by molar-refractivity contribution is 0.0767. The Kier molecular flexibility index (Phi) is 7.73. The molecule has 0 aliphatic heterocycles. The number of rotatable bonds is 8. The Bertz CT molecular complexity index is 1090. The van der Waals surface area contributed by atoms with Gasteiger partial charge in [-0.15, -0.1) is 0 Å². The summed E-state index contributed by atoms with van der Waals surface area (Å²) in [6.45, 7) is 4.18. The number of oxime groups is 1. The van der Waals surface area contributed by atoms with Gasteiger partial charge in [0.15, 0.2) is 0 Å². The number of likely N-dealkylation sites (N-methyl/N-ethyl adjacent to an activating group) is 1. The zero-order valence-corrected chi connectivity index (χ0v) is 18.7. The molecule has 0 radical (unpaired) electrons. The van der Waals surface area contributed by atoms with Gasteiger partial charge in [0.1, 0.15) is 0 Å². The standard InChI is InChI=1S/C26H29N3O3/c1-18-6-4-5-7-23(18)24(17-25(28-32)22-12-13-27-19(2)16-22)20-8-10-21(11-9-20)26(31)29(3)14-15-30/h4-13,16,24,30,32H,14-15,17H2,1-3H3/b28-25-/t24-/m1/s1. The van der Waals surface area contributed by atoms with Crippen LogP contribution in [0.15, 0.2) is 72.0 Å². The van der Waals surface area contributed by atoms with E-state index in [4.69, 9.17) is 5.11 Å². The maximum absolute atomic E-state index is 12.5. The number of aliphatic hydroxyl groups excluding tert-OH is 1. The van der Waals surface area contributed by atoms with E-state index in [9.17, 15) is 10.0 Å². The van der Waals surface area contributed by atoms with E-state index in [0.717, 1.165) is 27.9 Å². The fourth-order valence-corrected chi connectivity index (χ4v) is 3.85. The van der Waals surface area contributed by atoms with Crippen molar-refractivity contribution in [3.63, 3.8) is 0 Å². The van der Waals surface area contributed by atoms with E-state index in [-0.39, 0.29) is 25.0 Å². The number of aryl methyl sites for hydroxylation is 2. The summed E-state index contributed by atoms with van der Waals surface area (Å²) >= 11 is 0. The predicted octanol–water partition coefficient (Wildman–Crippen LogP) is 4.16. The highest BCUT2D eigenvalue weighted by atomic mass is 16.4. The molecule has 1 atom stereocenters. The first-order chi connectivity index (χ1) is 15.4. The molecule has 0 unspecified atom stereocenters. The van der Waals surface area contributed by atoms with Crippen LogP contribution in [0.25, 0.3) is 0 Å². The Morgan fingerprint density at radius 2 is 1.78 bits per heavy atom. The summed E-state index contributed by atoms with van der Waals surface area (Å²) in [6.07, 6.45) is 2.20. The van der Waals surface area contributed by atoms with Gasteiger partial charge in [-0.25, -0.2) is 0 Å². The lowest BCUT2D eigenvalue weighted by Crippen LogP contribution is -2.29. The minimum atomic E-state index is -0.136. The fraction of sp³-hybridized carbons (Fsp3) is 0.269. The van der Waals surface area contributed by atoms with Crippen LogP contribution in [0.3, 0.4) is 0 Å². The van der Waals surface area contributed by atoms with Gasteiger partial charge in [-0.2, -0.15) is 0 Å². The van der Waals surface area contributed by atoms with Crippen molar-refractivity contribution in [3.8, 4) is 0 Å². The molecule has 0 bridgehead atoms. The molecule has 2 N–H and O–H groups in total. The first-order valence-electron chi connectivity index (χ1n) is 10.6. The third kappa shape index (κ3) is 5.39. The van der Waals surface area contributed by atoms with Crippen molar-refractivity contribution in [2.24, 2.45) is 5.16 Å². The minimum Gasteiger partial charge on any atom is -0.411 e. The van der Waals surface area contributed by atoms with E-state index in [2.05, 4.69) is 29.2 Å². The number of benzene rings is 2. The molecule has 32 heavy (non-hydrogen) atoms. The number of nitrogens with zero attached hydrogens (tertiary/aromatic N) is 3. The van der Waals surface area contributed by atoms with E-state index in [1.165, 1.54) is 4.90 Å². The molecule has 0 spiro atoms. The topological polar surface area (TPSA) is 86.0 Å². The molecule has 0 aliphatic carbocycles. The molecule has 3 rings (SSSR count). The first kappa shape index (κ1) is 23.2. The van der Waals surface area contributed by atoms with Crippen LogP contribution in [0, 0.1) is 13.8 Å². The van der Waals surface area contributed by atoms with Gasteiger partial charge in [-0.1, -0.05) is 41.6 Å². The average Bonchev–Trinajstić information content (AvgIpc) is 2.80. The Morgan fingerprint density at radius 3 is 2.41 bits per heavy atom. The Hall–Kier alpha value is -3.51. The smallest absolute Gasteiger partial charge is 0.253 e. The fourth-order valence-electron chi connectivity index (χ4n) is 3.85. The van der Waals surface area contributed by atoms with Crippen LogP contribution in [-0.2, 0) is 0 Å². The highest BCUT2D eigenvalue weighted by Gasteiger charge is 2.21. The third-order valence-corrected chi connectivity index (χ3v) is 5.65. The zero-order valence-electron chi connectivity index (χ0n) is 18.7. The van der Waals surface area contributed by atoms with Gasteiger partial charge < -0.3 is 15.2 Å². The molecule has 166 valence electrons. The molecule has 6 heteroatoms. The van der Waals surface area contributed by atoms with Crippen LogP contribution >= 0.6 is 0 Å². The molecule has 0 aliphatic rings. The molecule has 1 amide bonds. The largest absolute Gasteiger partial charge is 0.411 e. The second-order valence-corrected chi connectivity index (χ2v) is 7.92. The Balaban J connectivity index is 1.97. The molecule has 0 saturated carbocycles. The van der Waals surface area contributed by atoms with E-state index in [0.29, 0.717) is 17.7 Å². The van der Waals surface area contributed by atoms with Crippen molar-refractivity contribution in [1.29, 1.82) is 0 Å². The molecule has 2 aromatic carbocycles. The molecule has 6 nitrogen and oxygen atoms in total. The summed E-state index contributed by atoms with van der Waals surface area (Å²) in [5.74, 6) is -0.196. The number of pyridine rings is 1. The number of hydrogen-bond acceptors (Lipinski definition) is 5. The lowest BCUT2D eigenvalue weighted by Gasteiger charge is -2.22. The molecule has 1 heterocycles. The summed E-state index contributed by atoms with van der Waals surface area (Å²) in [6, 6.07) is 19.4. The van der Waals surface area contributed by atoms with Crippen molar-refractivity contribution >= 4 is 11.6 Å². The van der Waals surface area contributed by atoms with Gasteiger partial charge >= 0.3 is 0 Å². The third-order valence-electron chi connectivity index (χ3n) is 5.65. The molecule has 3 aromatic rings. The summed E-state index contributed by atoms with van der Waals surface area (Å²) in [4.78, 5) is 18.3. The molecule has 0 saturated heterocycles. The molecule has 0 fully saturated rings. The van der Waals surface area contributed by atoms with Gasteiger partial charge in [0.25, 0.3) is 5.91 Å². The van der Waals surface area contributed by atoms with E-state index in [1.54, 1.807) is 13.2 Å². The van der Waals surface area contributed by atoms with Gasteiger partial charge in [0, 0.05) is 48.9 Å². The van der Waals surface area contributed by atoms with Crippen LogP contribution < -0.4 is 0 Å². The van der Waals surface area contributed by atoms with Crippen molar-refractivity contribution in [2.75, 3.05) is 20.2 Å². The van der Waals surface area contributed by atoms with Crippen LogP contribution in [0.4, 0.5) is 0 Å². The van der Waals surface area contributed by atoms with Gasteiger partial charge in [0.2, 0.25) is 0 Å².